The highest BCUT2D eigenvalue weighted by Crippen LogP contribution is 2.05. The van der Waals surface area contributed by atoms with Crippen LogP contribution in [0.4, 0.5) is 0 Å². The van der Waals surface area contributed by atoms with E-state index in [-0.39, 0.29) is 18.9 Å². The Hall–Kier alpha value is -4.48. The molecule has 0 bridgehead atoms. The van der Waals surface area contributed by atoms with Gasteiger partial charge in [-0.3, -0.25) is 33.8 Å². The Bertz CT molecular complexity index is 921. The first-order valence-electron chi connectivity index (χ1n) is 11.3. The number of amides is 4. The smallest absolute Gasteiger partial charge is 0.326 e. The molecule has 0 spiro atoms. The van der Waals surface area contributed by atoms with Crippen LogP contribution in [0.5, 0.6) is 0 Å². The Morgan fingerprint density at radius 1 is 0.684 bits per heavy atom. The lowest BCUT2D eigenvalue weighted by Crippen LogP contribution is -2.57. The first kappa shape index (κ1) is 33.5. The van der Waals surface area contributed by atoms with Crippen molar-refractivity contribution in [3.63, 3.8) is 0 Å². The summed E-state index contributed by atoms with van der Waals surface area (Å²) in [5, 5.41) is 33.6. The van der Waals surface area contributed by atoms with E-state index in [1.54, 1.807) is 0 Å². The molecule has 0 rings (SSSR count). The maximum Gasteiger partial charge on any atom is 0.326 e. The zero-order valence-electron chi connectivity index (χ0n) is 20.4. The summed E-state index contributed by atoms with van der Waals surface area (Å²) >= 11 is 0. The zero-order chi connectivity index (χ0) is 29.4. The zero-order valence-corrected chi connectivity index (χ0v) is 20.4. The van der Waals surface area contributed by atoms with Crippen LogP contribution in [0.3, 0.4) is 0 Å². The summed E-state index contributed by atoms with van der Waals surface area (Å²) in [5.41, 5.74) is 21.2. The van der Waals surface area contributed by atoms with Gasteiger partial charge in [-0.15, -0.1) is 0 Å². The number of aliphatic imine (C=N–C) groups is 1. The van der Waals surface area contributed by atoms with E-state index in [1.165, 1.54) is 0 Å². The van der Waals surface area contributed by atoms with Crippen LogP contribution in [0.1, 0.15) is 44.9 Å². The molecule has 0 saturated carbocycles. The van der Waals surface area contributed by atoms with Crippen LogP contribution in [0, 0.1) is 0 Å². The Balaban J connectivity index is 5.52. The number of hydrogen-bond donors (Lipinski definition) is 10. The number of carbonyl (C=O) groups excluding carboxylic acids is 4. The van der Waals surface area contributed by atoms with Crippen molar-refractivity contribution in [3.05, 3.63) is 0 Å². The minimum atomic E-state index is -1.70. The topological polar surface area (TPSA) is 333 Å². The number of carbonyl (C=O) groups is 7. The molecule has 0 saturated heterocycles. The normalized spacial score (nSPS) is 13.6. The van der Waals surface area contributed by atoms with Crippen molar-refractivity contribution in [1.82, 2.24) is 16.0 Å². The number of guanidine groups is 1. The standard InChI is InChI=1S/C20H34N8O10/c21-9(2-1-7-25-20(23)24)16(34)28-12(8-15(32)33)18(36)26-10(3-5-13(22)29)17(35)27-11(19(37)38)4-6-14(30)31/h9-12H,1-8,21H2,(H2,22,29)(H,26,36)(H,27,35)(H,28,34)(H,30,31)(H,32,33)(H,37,38)(H4,23,24,25). The number of nitrogens with zero attached hydrogens (tertiary/aromatic N) is 1. The second kappa shape index (κ2) is 17.1. The minimum Gasteiger partial charge on any atom is -0.481 e. The van der Waals surface area contributed by atoms with Gasteiger partial charge in [0, 0.05) is 19.4 Å². The van der Waals surface area contributed by atoms with Crippen molar-refractivity contribution in [1.29, 1.82) is 0 Å². The van der Waals surface area contributed by atoms with Gasteiger partial charge < -0.3 is 54.2 Å². The van der Waals surface area contributed by atoms with E-state index >= 15 is 0 Å². The van der Waals surface area contributed by atoms with Gasteiger partial charge in [0.1, 0.15) is 18.1 Å². The average Bonchev–Trinajstić information content (AvgIpc) is 2.80. The maximum absolute atomic E-state index is 12.8. The molecule has 0 radical (unpaired) electrons. The number of aliphatic carboxylic acids is 3. The molecule has 4 unspecified atom stereocenters. The van der Waals surface area contributed by atoms with Crippen LogP contribution in [-0.2, 0) is 33.6 Å². The summed E-state index contributed by atoms with van der Waals surface area (Å²) in [5.74, 6) is -8.49. The fourth-order valence-corrected chi connectivity index (χ4v) is 2.94. The quantitative estimate of drug-likeness (QED) is 0.0415. The van der Waals surface area contributed by atoms with E-state index < -0.39 is 97.8 Å². The fraction of sp³-hybridized carbons (Fsp3) is 0.600. The van der Waals surface area contributed by atoms with E-state index in [0.29, 0.717) is 6.42 Å². The number of carboxylic acid groups (broad SMARTS) is 3. The van der Waals surface area contributed by atoms with Crippen LogP contribution in [0.2, 0.25) is 0 Å². The van der Waals surface area contributed by atoms with Crippen molar-refractivity contribution in [2.24, 2.45) is 27.9 Å². The van der Waals surface area contributed by atoms with Crippen molar-refractivity contribution < 1.29 is 48.9 Å². The molecule has 18 nitrogen and oxygen atoms in total. The molecule has 0 heterocycles. The molecule has 0 aromatic heterocycles. The van der Waals surface area contributed by atoms with E-state index in [1.807, 2.05) is 0 Å². The Labute approximate surface area is 216 Å². The molecule has 0 aromatic rings. The predicted molar refractivity (Wildman–Crippen MR) is 129 cm³/mol. The molecular formula is C20H34N8O10. The molecule has 0 fully saturated rings. The third-order valence-electron chi connectivity index (χ3n) is 4.89. The maximum atomic E-state index is 12.8. The second-order valence-corrected chi connectivity index (χ2v) is 8.11. The lowest BCUT2D eigenvalue weighted by Gasteiger charge is -2.24. The highest BCUT2D eigenvalue weighted by atomic mass is 16.4. The molecule has 18 heteroatoms. The SMILES string of the molecule is NC(=O)CCC(NC(=O)C(CC(=O)O)NC(=O)C(N)CCCN=C(N)N)C(=O)NC(CCC(=O)O)C(=O)O. The van der Waals surface area contributed by atoms with Crippen molar-refractivity contribution in [2.45, 2.75) is 69.1 Å². The lowest BCUT2D eigenvalue weighted by atomic mass is 10.1. The largest absolute Gasteiger partial charge is 0.481 e. The van der Waals surface area contributed by atoms with Gasteiger partial charge in [-0.05, 0) is 25.7 Å². The number of carboxylic acids is 3. The second-order valence-electron chi connectivity index (χ2n) is 8.11. The number of rotatable bonds is 19. The molecule has 214 valence electrons. The molecule has 0 aliphatic rings. The highest BCUT2D eigenvalue weighted by molar-refractivity contribution is 5.95. The van der Waals surface area contributed by atoms with Gasteiger partial charge in [-0.25, -0.2) is 4.79 Å². The minimum absolute atomic E-state index is 0.0839. The van der Waals surface area contributed by atoms with Crippen LogP contribution in [0.15, 0.2) is 4.99 Å². The van der Waals surface area contributed by atoms with Gasteiger partial charge in [0.15, 0.2) is 5.96 Å². The van der Waals surface area contributed by atoms with Crippen molar-refractivity contribution in [3.8, 4) is 0 Å². The van der Waals surface area contributed by atoms with E-state index in [4.69, 9.17) is 33.1 Å². The monoisotopic (exact) mass is 546 g/mol. The molecule has 38 heavy (non-hydrogen) atoms. The van der Waals surface area contributed by atoms with Gasteiger partial charge in [0.25, 0.3) is 0 Å². The summed E-state index contributed by atoms with van der Waals surface area (Å²) in [6.07, 6.45) is -2.43. The number of nitrogens with two attached hydrogens (primary N) is 4. The summed E-state index contributed by atoms with van der Waals surface area (Å²) in [6, 6.07) is -6.08. The summed E-state index contributed by atoms with van der Waals surface area (Å²) in [6.45, 7) is 0.169. The molecule has 0 aliphatic heterocycles. The van der Waals surface area contributed by atoms with Gasteiger partial charge >= 0.3 is 17.9 Å². The number of nitrogens with one attached hydrogen (secondary N) is 3. The van der Waals surface area contributed by atoms with Crippen molar-refractivity contribution in [2.75, 3.05) is 6.54 Å². The van der Waals surface area contributed by atoms with Crippen LogP contribution in [-0.4, -0.2) is 93.5 Å². The lowest BCUT2D eigenvalue weighted by molar-refractivity contribution is -0.144. The third kappa shape index (κ3) is 14.8. The number of primary amides is 1. The summed E-state index contributed by atoms with van der Waals surface area (Å²) < 4.78 is 0. The van der Waals surface area contributed by atoms with Gasteiger partial charge in [0.05, 0.1) is 12.5 Å². The van der Waals surface area contributed by atoms with Crippen LogP contribution < -0.4 is 38.9 Å². The first-order valence-corrected chi connectivity index (χ1v) is 11.3. The predicted octanol–water partition coefficient (Wildman–Crippen LogP) is -4.49. The molecular weight excluding hydrogens is 512 g/mol. The van der Waals surface area contributed by atoms with Crippen LogP contribution >= 0.6 is 0 Å². The van der Waals surface area contributed by atoms with Gasteiger partial charge in [0.2, 0.25) is 23.6 Å². The Morgan fingerprint density at radius 2 is 1.21 bits per heavy atom. The van der Waals surface area contributed by atoms with E-state index in [0.717, 1.165) is 0 Å². The van der Waals surface area contributed by atoms with Crippen molar-refractivity contribution >= 4 is 47.5 Å². The molecule has 14 N–H and O–H groups in total. The average molecular weight is 547 g/mol. The summed E-state index contributed by atoms with van der Waals surface area (Å²) in [7, 11) is 0. The molecule has 0 aromatic carbocycles. The Kier molecular flexibility index (Phi) is 15.0. The highest BCUT2D eigenvalue weighted by Gasteiger charge is 2.31. The molecule has 4 amide bonds. The van der Waals surface area contributed by atoms with Gasteiger partial charge in [-0.1, -0.05) is 0 Å². The third-order valence-corrected chi connectivity index (χ3v) is 4.89. The van der Waals surface area contributed by atoms with Gasteiger partial charge in [-0.2, -0.15) is 0 Å². The first-order chi connectivity index (χ1) is 17.6. The van der Waals surface area contributed by atoms with E-state index in [2.05, 4.69) is 20.9 Å². The van der Waals surface area contributed by atoms with Crippen LogP contribution in [0.25, 0.3) is 0 Å². The molecule has 4 atom stereocenters. The Morgan fingerprint density at radius 3 is 1.71 bits per heavy atom. The number of hydrogen-bond acceptors (Lipinski definition) is 9. The summed E-state index contributed by atoms with van der Waals surface area (Å²) in [4.78, 5) is 86.2. The fourth-order valence-electron chi connectivity index (χ4n) is 2.94. The van der Waals surface area contributed by atoms with E-state index in [9.17, 15) is 38.7 Å². The molecule has 0 aliphatic carbocycles.